The van der Waals surface area contributed by atoms with Crippen LogP contribution in [0, 0.1) is 11.7 Å². The number of nitrogens with two attached hydrogens (primary N) is 1. The zero-order valence-corrected chi connectivity index (χ0v) is 9.22. The monoisotopic (exact) mass is 229 g/mol. The summed E-state index contributed by atoms with van der Waals surface area (Å²) < 4.78 is 18.6. The molecule has 82 valence electrons. The average Bonchev–Trinajstić information content (AvgIpc) is 2.19. The Labute approximate surface area is 93.2 Å². The first-order valence-electron chi connectivity index (χ1n) is 4.94. The molecule has 1 aromatic carbocycles. The fraction of sp³-hybridized carbons (Fsp3) is 0.455. The molecule has 4 heteroatoms. The van der Waals surface area contributed by atoms with E-state index in [9.17, 15) is 4.39 Å². The zero-order chi connectivity index (χ0) is 11.0. The Morgan fingerprint density at radius 3 is 3.00 bits per heavy atom. The molecule has 0 aromatic heterocycles. The fourth-order valence-electron chi connectivity index (χ4n) is 1.74. The zero-order valence-electron chi connectivity index (χ0n) is 8.47. The Morgan fingerprint density at radius 2 is 2.33 bits per heavy atom. The Morgan fingerprint density at radius 1 is 1.60 bits per heavy atom. The normalized spacial score (nSPS) is 21.7. The van der Waals surface area contributed by atoms with Gasteiger partial charge in [-0.2, -0.15) is 0 Å². The van der Waals surface area contributed by atoms with Crippen LogP contribution in [0.15, 0.2) is 12.1 Å². The second-order valence-corrected chi connectivity index (χ2v) is 4.42. The number of hydrogen-bond donors (Lipinski definition) is 1. The maximum Gasteiger partial charge on any atom is 0.145 e. The first-order chi connectivity index (χ1) is 7.08. The van der Waals surface area contributed by atoms with Crippen molar-refractivity contribution in [1.82, 2.24) is 0 Å². The number of hydrogen-bond acceptors (Lipinski definition) is 2. The molecule has 2 rings (SSSR count). The summed E-state index contributed by atoms with van der Waals surface area (Å²) >= 11 is 5.71. The molecule has 0 radical (unpaired) electrons. The SMILES string of the molecule is C[C@@H](N)C1COc2cc(F)c(Cl)cc2C1. The lowest BCUT2D eigenvalue weighted by atomic mass is 9.92. The van der Waals surface area contributed by atoms with Crippen molar-refractivity contribution in [1.29, 1.82) is 0 Å². The molecule has 15 heavy (non-hydrogen) atoms. The number of fused-ring (bicyclic) bond motifs is 1. The van der Waals surface area contributed by atoms with Gasteiger partial charge in [-0.25, -0.2) is 4.39 Å². The van der Waals surface area contributed by atoms with E-state index in [2.05, 4.69) is 0 Å². The van der Waals surface area contributed by atoms with Gasteiger partial charge in [0, 0.05) is 18.0 Å². The molecule has 2 atom stereocenters. The van der Waals surface area contributed by atoms with Gasteiger partial charge in [0.25, 0.3) is 0 Å². The fourth-order valence-corrected chi connectivity index (χ4v) is 1.93. The lowest BCUT2D eigenvalue weighted by Gasteiger charge is -2.27. The van der Waals surface area contributed by atoms with Gasteiger partial charge in [-0.05, 0) is 25.0 Å². The first-order valence-corrected chi connectivity index (χ1v) is 5.32. The van der Waals surface area contributed by atoms with Crippen molar-refractivity contribution >= 4 is 11.6 Å². The summed E-state index contributed by atoms with van der Waals surface area (Å²) in [5, 5.41) is 0.141. The first kappa shape index (κ1) is 10.7. The highest BCUT2D eigenvalue weighted by Gasteiger charge is 2.23. The lowest BCUT2D eigenvalue weighted by molar-refractivity contribution is 0.203. The molecule has 2 N–H and O–H groups in total. The van der Waals surface area contributed by atoms with Gasteiger partial charge >= 0.3 is 0 Å². The maximum absolute atomic E-state index is 13.1. The van der Waals surface area contributed by atoms with Crippen molar-refractivity contribution < 1.29 is 9.13 Å². The van der Waals surface area contributed by atoms with E-state index < -0.39 is 5.82 Å². The number of ether oxygens (including phenoxy) is 1. The van der Waals surface area contributed by atoms with Crippen molar-refractivity contribution in [2.24, 2.45) is 11.7 Å². The van der Waals surface area contributed by atoms with E-state index >= 15 is 0 Å². The van der Waals surface area contributed by atoms with Gasteiger partial charge in [0.05, 0.1) is 11.6 Å². The van der Waals surface area contributed by atoms with Crippen LogP contribution in [-0.2, 0) is 6.42 Å². The van der Waals surface area contributed by atoms with Crippen LogP contribution in [0.1, 0.15) is 12.5 Å². The molecule has 1 heterocycles. The molecule has 1 aliphatic rings. The minimum Gasteiger partial charge on any atom is -0.493 e. The summed E-state index contributed by atoms with van der Waals surface area (Å²) in [5.41, 5.74) is 6.74. The molecule has 2 nitrogen and oxygen atoms in total. The summed E-state index contributed by atoms with van der Waals surface area (Å²) in [6, 6.07) is 3.04. The van der Waals surface area contributed by atoms with E-state index in [1.807, 2.05) is 6.92 Å². The molecule has 0 saturated carbocycles. The van der Waals surface area contributed by atoms with Crippen LogP contribution in [0.5, 0.6) is 5.75 Å². The van der Waals surface area contributed by atoms with E-state index in [4.69, 9.17) is 22.1 Å². The number of benzene rings is 1. The van der Waals surface area contributed by atoms with Gasteiger partial charge in [0.2, 0.25) is 0 Å². The van der Waals surface area contributed by atoms with Gasteiger partial charge in [-0.15, -0.1) is 0 Å². The van der Waals surface area contributed by atoms with Crippen molar-refractivity contribution in [3.05, 3.63) is 28.5 Å². The lowest BCUT2D eigenvalue weighted by Crippen LogP contribution is -2.35. The largest absolute Gasteiger partial charge is 0.493 e. The third-order valence-corrected chi connectivity index (χ3v) is 3.07. The Kier molecular flexibility index (Phi) is 2.85. The van der Waals surface area contributed by atoms with E-state index in [0.29, 0.717) is 12.4 Å². The van der Waals surface area contributed by atoms with E-state index in [-0.39, 0.29) is 17.0 Å². The third-order valence-electron chi connectivity index (χ3n) is 2.78. The minimum atomic E-state index is -0.435. The molecule has 1 aromatic rings. The van der Waals surface area contributed by atoms with Crippen LogP contribution in [0.4, 0.5) is 4.39 Å². The molecule has 0 amide bonds. The smallest absolute Gasteiger partial charge is 0.145 e. The van der Waals surface area contributed by atoms with E-state index in [0.717, 1.165) is 12.0 Å². The van der Waals surface area contributed by atoms with Crippen LogP contribution in [-0.4, -0.2) is 12.6 Å². The average molecular weight is 230 g/mol. The van der Waals surface area contributed by atoms with Gasteiger partial charge in [0.1, 0.15) is 11.6 Å². The summed E-state index contributed by atoms with van der Waals surface area (Å²) in [4.78, 5) is 0. The second kappa shape index (κ2) is 3.99. The van der Waals surface area contributed by atoms with Crippen LogP contribution in [0.2, 0.25) is 5.02 Å². The van der Waals surface area contributed by atoms with Crippen LogP contribution < -0.4 is 10.5 Å². The molecule has 0 spiro atoms. The van der Waals surface area contributed by atoms with Gasteiger partial charge < -0.3 is 10.5 Å². The highest BCUT2D eigenvalue weighted by Crippen LogP contribution is 2.32. The molecule has 1 aliphatic heterocycles. The summed E-state index contributed by atoms with van der Waals surface area (Å²) in [6.45, 7) is 2.50. The van der Waals surface area contributed by atoms with Crippen molar-refractivity contribution in [3.63, 3.8) is 0 Å². The van der Waals surface area contributed by atoms with Crippen LogP contribution in [0.3, 0.4) is 0 Å². The second-order valence-electron chi connectivity index (χ2n) is 4.01. The van der Waals surface area contributed by atoms with Gasteiger partial charge in [-0.3, -0.25) is 0 Å². The number of rotatable bonds is 1. The maximum atomic E-state index is 13.1. The van der Waals surface area contributed by atoms with Crippen molar-refractivity contribution in [3.8, 4) is 5.75 Å². The van der Waals surface area contributed by atoms with Gasteiger partial charge in [-0.1, -0.05) is 11.6 Å². The Bertz CT molecular complexity index is 381. The minimum absolute atomic E-state index is 0.0713. The van der Waals surface area contributed by atoms with E-state index in [1.165, 1.54) is 6.07 Å². The van der Waals surface area contributed by atoms with Gasteiger partial charge in [0.15, 0.2) is 0 Å². The molecule has 0 bridgehead atoms. The topological polar surface area (TPSA) is 35.2 Å². The van der Waals surface area contributed by atoms with Crippen molar-refractivity contribution in [2.75, 3.05) is 6.61 Å². The molecule has 0 fully saturated rings. The third kappa shape index (κ3) is 2.08. The van der Waals surface area contributed by atoms with Crippen molar-refractivity contribution in [2.45, 2.75) is 19.4 Å². The predicted octanol–water partition coefficient (Wildman–Crippen LogP) is 2.38. The standard InChI is InChI=1S/C11H13ClFNO/c1-6(14)8-2-7-3-9(12)10(13)4-11(7)15-5-8/h3-4,6,8H,2,5,14H2,1H3/t6-,8?/m1/s1. The number of halogens is 2. The molecule has 1 unspecified atom stereocenters. The highest BCUT2D eigenvalue weighted by molar-refractivity contribution is 6.30. The molecular weight excluding hydrogens is 217 g/mol. The van der Waals surface area contributed by atoms with Crippen LogP contribution >= 0.6 is 11.6 Å². The Hall–Kier alpha value is -0.800. The molecule has 0 saturated heterocycles. The van der Waals surface area contributed by atoms with Crippen LogP contribution in [0.25, 0.3) is 0 Å². The highest BCUT2D eigenvalue weighted by atomic mass is 35.5. The summed E-state index contributed by atoms with van der Waals surface area (Å²) in [7, 11) is 0. The Balaban J connectivity index is 2.30. The summed E-state index contributed by atoms with van der Waals surface area (Å²) in [6.07, 6.45) is 0.799. The molecule has 0 aliphatic carbocycles. The quantitative estimate of drug-likeness (QED) is 0.803. The molecular formula is C11H13ClFNO. The summed E-state index contributed by atoms with van der Waals surface area (Å²) in [5.74, 6) is 0.433. The van der Waals surface area contributed by atoms with E-state index in [1.54, 1.807) is 6.07 Å². The predicted molar refractivity (Wildman–Crippen MR) is 57.7 cm³/mol.